The Morgan fingerprint density at radius 3 is 1.94 bits per heavy atom. The highest BCUT2D eigenvalue weighted by atomic mass is 15.1. The highest BCUT2D eigenvalue weighted by Gasteiger charge is 1.98. The van der Waals surface area contributed by atoms with Crippen LogP contribution in [-0.2, 0) is 0 Å². The molecule has 0 amide bonds. The van der Waals surface area contributed by atoms with Gasteiger partial charge in [0.1, 0.15) is 0 Å². The van der Waals surface area contributed by atoms with Crippen molar-refractivity contribution < 1.29 is 0 Å². The summed E-state index contributed by atoms with van der Waals surface area (Å²) in [5, 5.41) is 0. The fourth-order valence-corrected chi connectivity index (χ4v) is 1.50. The molecule has 0 unspecified atom stereocenters. The van der Waals surface area contributed by atoms with E-state index in [9.17, 15) is 0 Å². The molecule has 0 saturated heterocycles. The minimum Gasteiger partial charge on any atom is -0.304 e. The topological polar surface area (TPSA) is 15.6 Å². The number of aliphatic imine (C=N–C) groups is 1. The molecule has 0 radical (unpaired) electrons. The van der Waals surface area contributed by atoms with E-state index >= 15 is 0 Å². The highest BCUT2D eigenvalue weighted by molar-refractivity contribution is 5.62. The lowest BCUT2D eigenvalue weighted by Crippen LogP contribution is -2.25. The van der Waals surface area contributed by atoms with Crippen molar-refractivity contribution in [1.82, 2.24) is 4.90 Å². The first-order valence-corrected chi connectivity index (χ1v) is 6.74. The second-order valence-electron chi connectivity index (χ2n) is 4.09. The van der Waals surface area contributed by atoms with Crippen LogP contribution in [-0.4, -0.2) is 30.7 Å². The normalized spacial score (nSPS) is 13.0. The zero-order chi connectivity index (χ0) is 12.1. The van der Waals surface area contributed by atoms with E-state index in [4.69, 9.17) is 0 Å². The summed E-state index contributed by atoms with van der Waals surface area (Å²) in [6.45, 7) is 10.6. The van der Waals surface area contributed by atoms with Gasteiger partial charge in [0.15, 0.2) is 0 Å². The molecule has 0 saturated carbocycles. The van der Waals surface area contributed by atoms with Gasteiger partial charge in [0.2, 0.25) is 0 Å². The summed E-state index contributed by atoms with van der Waals surface area (Å²) < 4.78 is 0. The summed E-state index contributed by atoms with van der Waals surface area (Å²) >= 11 is 0. The van der Waals surface area contributed by atoms with Crippen LogP contribution in [0.5, 0.6) is 0 Å². The summed E-state index contributed by atoms with van der Waals surface area (Å²) in [5.41, 5.74) is 0. The van der Waals surface area contributed by atoms with Gasteiger partial charge in [-0.2, -0.15) is 0 Å². The third kappa shape index (κ3) is 9.91. The molecule has 1 aliphatic rings. The van der Waals surface area contributed by atoms with Crippen molar-refractivity contribution in [2.75, 3.05) is 19.6 Å². The Bertz CT molecular complexity index is 167. The van der Waals surface area contributed by atoms with Crippen LogP contribution in [0.4, 0.5) is 0 Å². The van der Waals surface area contributed by atoms with Crippen molar-refractivity contribution in [1.29, 1.82) is 0 Å². The second kappa shape index (κ2) is 12.4. The van der Waals surface area contributed by atoms with Gasteiger partial charge in [-0.1, -0.05) is 39.7 Å². The molecule has 0 spiro atoms. The predicted molar refractivity (Wildman–Crippen MR) is 74.2 cm³/mol. The molecule has 16 heavy (non-hydrogen) atoms. The molecule has 1 heterocycles. The van der Waals surface area contributed by atoms with Crippen LogP contribution in [0, 0.1) is 0 Å². The van der Waals surface area contributed by atoms with Crippen LogP contribution in [0.15, 0.2) is 17.3 Å². The molecule has 94 valence electrons. The maximum absolute atomic E-state index is 3.78. The van der Waals surface area contributed by atoms with E-state index in [1.807, 2.05) is 12.3 Å². The average molecular weight is 224 g/mol. The van der Waals surface area contributed by atoms with E-state index < -0.39 is 0 Å². The van der Waals surface area contributed by atoms with Crippen LogP contribution in [0.2, 0.25) is 0 Å². The molecule has 2 nitrogen and oxygen atoms in total. The van der Waals surface area contributed by atoms with Gasteiger partial charge in [-0.25, -0.2) is 0 Å². The fraction of sp³-hybridized carbons (Fsp3) is 0.786. The molecule has 1 rings (SSSR count). The molecule has 0 atom stereocenters. The van der Waals surface area contributed by atoms with E-state index in [0.29, 0.717) is 0 Å². The van der Waals surface area contributed by atoms with Crippen LogP contribution < -0.4 is 0 Å². The number of hydrogen-bond donors (Lipinski definition) is 0. The molecule has 0 aromatic carbocycles. The molecule has 0 bridgehead atoms. The highest BCUT2D eigenvalue weighted by Crippen LogP contribution is 1.97. The predicted octanol–water partition coefficient (Wildman–Crippen LogP) is 3.88. The van der Waals surface area contributed by atoms with Crippen molar-refractivity contribution in [3.63, 3.8) is 0 Å². The minimum absolute atomic E-state index is 1.03. The smallest absolute Gasteiger partial charge is 0.0227 e. The molecule has 1 aliphatic heterocycles. The van der Waals surface area contributed by atoms with Crippen molar-refractivity contribution in [2.24, 2.45) is 4.99 Å². The van der Waals surface area contributed by atoms with E-state index in [-0.39, 0.29) is 0 Å². The summed E-state index contributed by atoms with van der Waals surface area (Å²) in [7, 11) is 0. The minimum atomic E-state index is 1.03. The lowest BCUT2D eigenvalue weighted by Gasteiger charge is -2.19. The van der Waals surface area contributed by atoms with Gasteiger partial charge in [-0.15, -0.1) is 0 Å². The molecular formula is C14H28N2. The average Bonchev–Trinajstić information content (AvgIpc) is 2.88. The zero-order valence-corrected chi connectivity index (χ0v) is 11.3. The lowest BCUT2D eigenvalue weighted by atomic mass is 10.2. The number of nitrogens with zero attached hydrogens (tertiary/aromatic N) is 2. The van der Waals surface area contributed by atoms with Crippen LogP contribution in [0.25, 0.3) is 0 Å². The quantitative estimate of drug-likeness (QED) is 0.640. The molecule has 0 fully saturated rings. The van der Waals surface area contributed by atoms with Gasteiger partial charge in [-0.3, -0.25) is 4.99 Å². The summed E-state index contributed by atoms with van der Waals surface area (Å²) in [6.07, 6.45) is 12.1. The zero-order valence-electron chi connectivity index (χ0n) is 11.3. The van der Waals surface area contributed by atoms with Crippen molar-refractivity contribution in [3.8, 4) is 0 Å². The van der Waals surface area contributed by atoms with Crippen LogP contribution in [0.3, 0.4) is 0 Å². The van der Waals surface area contributed by atoms with E-state index in [1.165, 1.54) is 45.3 Å². The third-order valence-electron chi connectivity index (χ3n) is 2.64. The van der Waals surface area contributed by atoms with Crippen LogP contribution >= 0.6 is 0 Å². The Morgan fingerprint density at radius 2 is 1.69 bits per heavy atom. The van der Waals surface area contributed by atoms with Gasteiger partial charge >= 0.3 is 0 Å². The molecule has 2 heteroatoms. The number of rotatable bonds is 7. The standard InChI is InChI=1S/C10H23N.C4H5N/c1-4-7-9-11(6-3)10-8-5-2;1-2-4-5-3-1/h4-10H2,1-3H3;1,3-4H,2H2. The van der Waals surface area contributed by atoms with Gasteiger partial charge in [-0.05, 0) is 32.5 Å². The van der Waals surface area contributed by atoms with E-state index in [2.05, 4.69) is 30.7 Å². The van der Waals surface area contributed by atoms with Gasteiger partial charge in [0.25, 0.3) is 0 Å². The van der Waals surface area contributed by atoms with E-state index in [1.54, 1.807) is 6.20 Å². The van der Waals surface area contributed by atoms with Crippen molar-refractivity contribution >= 4 is 6.21 Å². The first-order chi connectivity index (χ1) is 7.85. The summed E-state index contributed by atoms with van der Waals surface area (Å²) in [4.78, 5) is 6.33. The fourth-order valence-electron chi connectivity index (χ4n) is 1.50. The molecule has 0 N–H and O–H groups in total. The van der Waals surface area contributed by atoms with Crippen LogP contribution in [0.1, 0.15) is 52.9 Å². The maximum Gasteiger partial charge on any atom is 0.0227 e. The van der Waals surface area contributed by atoms with E-state index in [0.717, 1.165) is 6.42 Å². The Labute approximate surface area is 101 Å². The summed E-state index contributed by atoms with van der Waals surface area (Å²) in [5.74, 6) is 0. The largest absolute Gasteiger partial charge is 0.304 e. The lowest BCUT2D eigenvalue weighted by molar-refractivity contribution is 0.279. The Balaban J connectivity index is 0.000000368. The van der Waals surface area contributed by atoms with Crippen molar-refractivity contribution in [3.05, 3.63) is 12.3 Å². The number of allylic oxidation sites excluding steroid dienone is 1. The molecular weight excluding hydrogens is 196 g/mol. The molecule has 0 aromatic heterocycles. The van der Waals surface area contributed by atoms with Gasteiger partial charge < -0.3 is 4.90 Å². The number of hydrogen-bond acceptors (Lipinski definition) is 2. The van der Waals surface area contributed by atoms with Gasteiger partial charge in [0, 0.05) is 18.8 Å². The molecule has 0 aromatic rings. The summed E-state index contributed by atoms with van der Waals surface area (Å²) in [6, 6.07) is 0. The second-order valence-corrected chi connectivity index (χ2v) is 4.09. The Morgan fingerprint density at radius 1 is 1.06 bits per heavy atom. The maximum atomic E-state index is 3.78. The Hall–Kier alpha value is -0.630. The van der Waals surface area contributed by atoms with Crippen molar-refractivity contribution in [2.45, 2.75) is 52.9 Å². The monoisotopic (exact) mass is 224 g/mol. The first-order valence-electron chi connectivity index (χ1n) is 6.74. The SMILES string of the molecule is C1=CN=CC1.CCCCN(CC)CCCC. The Kier molecular flexibility index (Phi) is 11.9. The molecule has 0 aliphatic carbocycles. The third-order valence-corrected chi connectivity index (χ3v) is 2.64. The first kappa shape index (κ1) is 15.4. The number of unbranched alkanes of at least 4 members (excludes halogenated alkanes) is 2. The van der Waals surface area contributed by atoms with Gasteiger partial charge in [0.05, 0.1) is 0 Å².